The summed E-state index contributed by atoms with van der Waals surface area (Å²) in [5.41, 5.74) is 8.94. The number of nitrogens with two attached hydrogens (primary N) is 1. The van der Waals surface area contributed by atoms with Gasteiger partial charge in [-0.2, -0.15) is 0 Å². The first-order valence-electron chi connectivity index (χ1n) is 6.78. The first-order chi connectivity index (χ1) is 10.1. The lowest BCUT2D eigenvalue weighted by molar-refractivity contribution is 0.509. The molecule has 2 aromatic carbocycles. The summed E-state index contributed by atoms with van der Waals surface area (Å²) in [7, 11) is 0. The molecule has 0 saturated heterocycles. The molecule has 3 nitrogen and oxygen atoms in total. The molecule has 0 aliphatic carbocycles. The summed E-state index contributed by atoms with van der Waals surface area (Å²) in [5.74, 6) is -1.10. The Balaban J connectivity index is 2.23. The van der Waals surface area contributed by atoms with E-state index in [1.54, 1.807) is 0 Å². The predicted octanol–water partition coefficient (Wildman–Crippen LogP) is 3.46. The van der Waals surface area contributed by atoms with Crippen molar-refractivity contribution in [3.05, 3.63) is 53.6 Å². The quantitative estimate of drug-likeness (QED) is 0.801. The highest BCUT2D eigenvalue weighted by atomic mass is 19.2. The van der Waals surface area contributed by atoms with Crippen molar-refractivity contribution < 1.29 is 8.78 Å². The van der Waals surface area contributed by atoms with Crippen LogP contribution < -0.4 is 5.73 Å². The number of hydrogen-bond acceptors (Lipinski definition) is 2. The standard InChI is InChI=1S/C16H15F2N3/c1-2-21-15-6-3-10(9-19)7-14(15)20-16(21)11-4-5-12(17)13(18)8-11/h3-8H,2,9,19H2,1H3. The fourth-order valence-corrected chi connectivity index (χ4v) is 2.48. The van der Waals surface area contributed by atoms with E-state index in [0.717, 1.165) is 22.7 Å². The van der Waals surface area contributed by atoms with Crippen LogP contribution in [0.2, 0.25) is 0 Å². The first-order valence-corrected chi connectivity index (χ1v) is 6.78. The van der Waals surface area contributed by atoms with Gasteiger partial charge in [-0.05, 0) is 42.8 Å². The van der Waals surface area contributed by atoms with Crippen LogP contribution in [0, 0.1) is 11.6 Å². The Morgan fingerprint density at radius 1 is 1.10 bits per heavy atom. The topological polar surface area (TPSA) is 43.8 Å². The van der Waals surface area contributed by atoms with Gasteiger partial charge in [-0.1, -0.05) is 6.07 Å². The second-order valence-corrected chi connectivity index (χ2v) is 4.84. The molecule has 1 heterocycles. The first kappa shape index (κ1) is 13.7. The second-order valence-electron chi connectivity index (χ2n) is 4.84. The Kier molecular flexibility index (Phi) is 3.43. The number of halogens is 2. The van der Waals surface area contributed by atoms with Crippen LogP contribution in [0.15, 0.2) is 36.4 Å². The SMILES string of the molecule is CCn1c(-c2ccc(F)c(F)c2)nc2cc(CN)ccc21. The largest absolute Gasteiger partial charge is 0.326 e. The third-order valence-electron chi connectivity index (χ3n) is 3.54. The number of fused-ring (bicyclic) bond motifs is 1. The van der Waals surface area contributed by atoms with E-state index in [4.69, 9.17) is 5.73 Å². The molecule has 108 valence electrons. The van der Waals surface area contributed by atoms with Crippen LogP contribution in [0.5, 0.6) is 0 Å². The smallest absolute Gasteiger partial charge is 0.159 e. The molecule has 0 amide bonds. The molecule has 0 atom stereocenters. The fourth-order valence-electron chi connectivity index (χ4n) is 2.48. The van der Waals surface area contributed by atoms with Crippen molar-refractivity contribution in [2.45, 2.75) is 20.0 Å². The van der Waals surface area contributed by atoms with Crippen molar-refractivity contribution >= 4 is 11.0 Å². The highest BCUT2D eigenvalue weighted by Gasteiger charge is 2.13. The van der Waals surface area contributed by atoms with Gasteiger partial charge in [-0.15, -0.1) is 0 Å². The van der Waals surface area contributed by atoms with E-state index in [1.807, 2.05) is 29.7 Å². The van der Waals surface area contributed by atoms with Crippen molar-refractivity contribution in [2.24, 2.45) is 5.73 Å². The molecule has 0 aliphatic rings. The third-order valence-corrected chi connectivity index (χ3v) is 3.54. The number of aryl methyl sites for hydroxylation is 1. The Morgan fingerprint density at radius 3 is 2.57 bits per heavy atom. The van der Waals surface area contributed by atoms with E-state index in [1.165, 1.54) is 12.1 Å². The van der Waals surface area contributed by atoms with Crippen LogP contribution in [0.4, 0.5) is 8.78 Å². The Hall–Kier alpha value is -2.27. The van der Waals surface area contributed by atoms with Gasteiger partial charge in [0.2, 0.25) is 0 Å². The molecule has 2 N–H and O–H groups in total. The molecule has 0 radical (unpaired) electrons. The van der Waals surface area contributed by atoms with Crippen LogP contribution in [-0.2, 0) is 13.1 Å². The zero-order valence-electron chi connectivity index (χ0n) is 11.6. The Morgan fingerprint density at radius 2 is 1.90 bits per heavy atom. The molecule has 21 heavy (non-hydrogen) atoms. The van der Waals surface area contributed by atoms with Crippen LogP contribution in [0.3, 0.4) is 0 Å². The van der Waals surface area contributed by atoms with Gasteiger partial charge in [-0.25, -0.2) is 13.8 Å². The lowest BCUT2D eigenvalue weighted by atomic mass is 10.2. The van der Waals surface area contributed by atoms with E-state index in [9.17, 15) is 8.78 Å². The average molecular weight is 287 g/mol. The highest BCUT2D eigenvalue weighted by molar-refractivity contribution is 5.81. The molecular weight excluding hydrogens is 272 g/mol. The van der Waals surface area contributed by atoms with Crippen molar-refractivity contribution in [1.82, 2.24) is 9.55 Å². The van der Waals surface area contributed by atoms with Crippen molar-refractivity contribution in [1.29, 1.82) is 0 Å². The monoisotopic (exact) mass is 287 g/mol. The van der Waals surface area contributed by atoms with E-state index in [2.05, 4.69) is 4.98 Å². The van der Waals surface area contributed by atoms with E-state index in [0.29, 0.717) is 24.5 Å². The Bertz CT molecular complexity index is 809. The molecule has 0 saturated carbocycles. The maximum atomic E-state index is 13.4. The van der Waals surface area contributed by atoms with Gasteiger partial charge in [0.05, 0.1) is 11.0 Å². The molecule has 1 aromatic heterocycles. The van der Waals surface area contributed by atoms with Gasteiger partial charge >= 0.3 is 0 Å². The zero-order valence-corrected chi connectivity index (χ0v) is 11.6. The Labute approximate surface area is 121 Å². The molecule has 0 unspecified atom stereocenters. The number of rotatable bonds is 3. The van der Waals surface area contributed by atoms with E-state index >= 15 is 0 Å². The van der Waals surface area contributed by atoms with Gasteiger partial charge in [0.1, 0.15) is 5.82 Å². The number of aromatic nitrogens is 2. The van der Waals surface area contributed by atoms with Gasteiger partial charge < -0.3 is 10.3 Å². The minimum atomic E-state index is -0.871. The summed E-state index contributed by atoms with van der Waals surface area (Å²) in [4.78, 5) is 4.55. The van der Waals surface area contributed by atoms with Gasteiger partial charge in [0.15, 0.2) is 11.6 Å². The highest BCUT2D eigenvalue weighted by Crippen LogP contribution is 2.26. The normalized spacial score (nSPS) is 11.2. The molecule has 5 heteroatoms. The van der Waals surface area contributed by atoms with E-state index < -0.39 is 11.6 Å². The maximum Gasteiger partial charge on any atom is 0.159 e. The van der Waals surface area contributed by atoms with Crippen LogP contribution in [0.25, 0.3) is 22.4 Å². The lowest BCUT2D eigenvalue weighted by Crippen LogP contribution is -1.99. The van der Waals surface area contributed by atoms with Crippen molar-refractivity contribution in [3.63, 3.8) is 0 Å². The zero-order chi connectivity index (χ0) is 15.0. The van der Waals surface area contributed by atoms with Crippen molar-refractivity contribution in [2.75, 3.05) is 0 Å². The lowest BCUT2D eigenvalue weighted by Gasteiger charge is -2.06. The number of benzene rings is 2. The molecule has 3 rings (SSSR count). The van der Waals surface area contributed by atoms with Crippen LogP contribution in [-0.4, -0.2) is 9.55 Å². The van der Waals surface area contributed by atoms with Crippen molar-refractivity contribution in [3.8, 4) is 11.4 Å². The fraction of sp³-hybridized carbons (Fsp3) is 0.188. The van der Waals surface area contributed by atoms with Crippen LogP contribution >= 0.6 is 0 Å². The molecule has 3 aromatic rings. The summed E-state index contributed by atoms with van der Waals surface area (Å²) in [6.45, 7) is 3.11. The third kappa shape index (κ3) is 2.29. The van der Waals surface area contributed by atoms with Gasteiger partial charge in [0, 0.05) is 18.7 Å². The molecule has 0 aliphatic heterocycles. The molecular formula is C16H15F2N3. The summed E-state index contributed by atoms with van der Waals surface area (Å²) in [6.07, 6.45) is 0. The molecule has 0 bridgehead atoms. The maximum absolute atomic E-state index is 13.4. The second kappa shape index (κ2) is 5.26. The minimum absolute atomic E-state index is 0.440. The summed E-state index contributed by atoms with van der Waals surface area (Å²) >= 11 is 0. The number of nitrogens with zero attached hydrogens (tertiary/aromatic N) is 2. The van der Waals surface area contributed by atoms with E-state index in [-0.39, 0.29) is 0 Å². The van der Waals surface area contributed by atoms with Gasteiger partial charge in [-0.3, -0.25) is 0 Å². The summed E-state index contributed by atoms with van der Waals surface area (Å²) in [5, 5.41) is 0. The minimum Gasteiger partial charge on any atom is -0.326 e. The predicted molar refractivity (Wildman–Crippen MR) is 78.7 cm³/mol. The number of hydrogen-bond donors (Lipinski definition) is 1. The number of imidazole rings is 1. The summed E-state index contributed by atoms with van der Waals surface area (Å²) < 4.78 is 28.5. The summed E-state index contributed by atoms with van der Waals surface area (Å²) in [6, 6.07) is 9.66. The molecule has 0 spiro atoms. The average Bonchev–Trinajstić information content (AvgIpc) is 2.87. The molecule has 0 fully saturated rings. The van der Waals surface area contributed by atoms with Crippen LogP contribution in [0.1, 0.15) is 12.5 Å². The van der Waals surface area contributed by atoms with Gasteiger partial charge in [0.25, 0.3) is 0 Å².